The minimum absolute atomic E-state index is 0.0444. The van der Waals surface area contributed by atoms with Crippen LogP contribution in [0.25, 0.3) is 0 Å². The number of guanidine groups is 1. The summed E-state index contributed by atoms with van der Waals surface area (Å²) in [6.45, 7) is 5.94. The van der Waals surface area contributed by atoms with Crippen LogP contribution in [0, 0.1) is 0 Å². The van der Waals surface area contributed by atoms with Gasteiger partial charge in [-0.25, -0.2) is 4.98 Å². The number of amides is 1. The summed E-state index contributed by atoms with van der Waals surface area (Å²) in [6, 6.07) is 0. The highest BCUT2D eigenvalue weighted by Crippen LogP contribution is 2.15. The second kappa shape index (κ2) is 11.0. The molecule has 124 valence electrons. The van der Waals surface area contributed by atoms with Crippen molar-refractivity contribution in [2.75, 3.05) is 31.6 Å². The van der Waals surface area contributed by atoms with Gasteiger partial charge in [0, 0.05) is 31.8 Å². The maximum atomic E-state index is 10.7. The number of thiazole rings is 1. The Kier molecular flexibility index (Phi) is 9.17. The van der Waals surface area contributed by atoms with Gasteiger partial charge in [-0.2, -0.15) is 0 Å². The monoisotopic (exact) mass is 327 g/mol. The smallest absolute Gasteiger partial charge is 0.216 e. The van der Waals surface area contributed by atoms with Gasteiger partial charge in [0.25, 0.3) is 0 Å². The quantitative estimate of drug-likeness (QED) is 0.342. The normalized spacial score (nSPS) is 11.5. The fraction of sp³-hybridized carbons (Fsp3) is 0.643. The van der Waals surface area contributed by atoms with Crippen molar-refractivity contribution in [2.45, 2.75) is 33.1 Å². The third-order valence-electron chi connectivity index (χ3n) is 2.70. The summed E-state index contributed by atoms with van der Waals surface area (Å²) in [5.41, 5.74) is 6.73. The van der Waals surface area contributed by atoms with Crippen molar-refractivity contribution < 1.29 is 9.53 Å². The van der Waals surface area contributed by atoms with Crippen LogP contribution in [-0.2, 0) is 16.0 Å². The molecule has 4 N–H and O–H groups in total. The van der Waals surface area contributed by atoms with Crippen LogP contribution in [0.4, 0.5) is 5.13 Å². The van der Waals surface area contributed by atoms with Crippen molar-refractivity contribution >= 4 is 28.3 Å². The average Bonchev–Trinajstić information content (AvgIpc) is 2.90. The fourth-order valence-corrected chi connectivity index (χ4v) is 2.32. The molecule has 1 aromatic heterocycles. The van der Waals surface area contributed by atoms with Crippen molar-refractivity contribution in [3.63, 3.8) is 0 Å². The Morgan fingerprint density at radius 3 is 3.05 bits per heavy atom. The molecule has 0 aliphatic heterocycles. The molecule has 1 heterocycles. The number of carbonyl (C=O) groups excluding carboxylic acids is 1. The molecule has 1 rings (SSSR count). The topological polar surface area (TPSA) is 102 Å². The molecule has 0 spiro atoms. The third-order valence-corrected chi connectivity index (χ3v) is 3.51. The first-order valence-electron chi connectivity index (χ1n) is 7.45. The fourth-order valence-electron chi connectivity index (χ4n) is 1.56. The molecule has 7 nitrogen and oxygen atoms in total. The van der Waals surface area contributed by atoms with Gasteiger partial charge in [0.15, 0.2) is 11.1 Å². The molecular weight excluding hydrogens is 302 g/mol. The van der Waals surface area contributed by atoms with Crippen molar-refractivity contribution in [1.29, 1.82) is 0 Å². The molecule has 0 aliphatic rings. The maximum absolute atomic E-state index is 10.7. The van der Waals surface area contributed by atoms with Crippen molar-refractivity contribution in [1.82, 2.24) is 10.3 Å². The second-order valence-corrected chi connectivity index (χ2v) is 5.59. The van der Waals surface area contributed by atoms with Gasteiger partial charge in [-0.05, 0) is 6.42 Å². The summed E-state index contributed by atoms with van der Waals surface area (Å²) in [7, 11) is 0. The highest BCUT2D eigenvalue weighted by Gasteiger charge is 2.03. The van der Waals surface area contributed by atoms with Gasteiger partial charge >= 0.3 is 0 Å². The summed E-state index contributed by atoms with van der Waals surface area (Å²) >= 11 is 1.49. The van der Waals surface area contributed by atoms with E-state index >= 15 is 0 Å². The lowest BCUT2D eigenvalue weighted by Crippen LogP contribution is -2.24. The predicted octanol–water partition coefficient (Wildman–Crippen LogP) is 1.36. The minimum Gasteiger partial charge on any atom is -0.379 e. The van der Waals surface area contributed by atoms with Gasteiger partial charge in [-0.1, -0.05) is 13.3 Å². The Labute approximate surface area is 135 Å². The number of ether oxygens (including phenoxy) is 1. The molecule has 0 fully saturated rings. The molecule has 0 aliphatic carbocycles. The van der Waals surface area contributed by atoms with Gasteiger partial charge in [0.1, 0.15) is 0 Å². The number of nitrogens with one attached hydrogen (secondary N) is 2. The number of anilines is 1. The van der Waals surface area contributed by atoms with Crippen molar-refractivity contribution in [3.05, 3.63) is 11.1 Å². The molecule has 0 aromatic carbocycles. The van der Waals surface area contributed by atoms with E-state index in [9.17, 15) is 4.79 Å². The highest BCUT2D eigenvalue weighted by molar-refractivity contribution is 7.13. The summed E-state index contributed by atoms with van der Waals surface area (Å²) in [4.78, 5) is 19.3. The number of rotatable bonds is 10. The van der Waals surface area contributed by atoms with Gasteiger partial charge in [0.05, 0.1) is 18.9 Å². The van der Waals surface area contributed by atoms with Crippen LogP contribution in [0.15, 0.2) is 10.4 Å². The van der Waals surface area contributed by atoms with Crippen LogP contribution >= 0.6 is 11.3 Å². The first kappa shape index (κ1) is 18.4. The molecule has 22 heavy (non-hydrogen) atoms. The molecule has 0 saturated carbocycles. The van der Waals surface area contributed by atoms with Crippen molar-refractivity contribution in [3.8, 4) is 0 Å². The van der Waals surface area contributed by atoms with Gasteiger partial charge in [-0.3, -0.25) is 9.79 Å². The van der Waals surface area contributed by atoms with Gasteiger partial charge < -0.3 is 21.1 Å². The zero-order valence-electron chi connectivity index (χ0n) is 13.2. The molecule has 0 radical (unpaired) electrons. The first-order valence-corrected chi connectivity index (χ1v) is 8.33. The minimum atomic E-state index is -0.0444. The van der Waals surface area contributed by atoms with E-state index in [1.807, 2.05) is 5.38 Å². The average molecular weight is 327 g/mol. The van der Waals surface area contributed by atoms with E-state index in [0.717, 1.165) is 36.6 Å². The summed E-state index contributed by atoms with van der Waals surface area (Å²) in [5.74, 6) is 0.359. The molecule has 0 saturated heterocycles. The van der Waals surface area contributed by atoms with E-state index < -0.39 is 0 Å². The maximum Gasteiger partial charge on any atom is 0.216 e. The molecule has 0 bridgehead atoms. The zero-order chi connectivity index (χ0) is 16.2. The first-order chi connectivity index (χ1) is 10.6. The Hall–Kier alpha value is -1.67. The van der Waals surface area contributed by atoms with Crippen LogP contribution in [-0.4, -0.2) is 43.2 Å². The Balaban J connectivity index is 2.21. The lowest BCUT2D eigenvalue weighted by molar-refractivity contribution is -0.119. The summed E-state index contributed by atoms with van der Waals surface area (Å²) < 4.78 is 5.42. The van der Waals surface area contributed by atoms with E-state index in [2.05, 4.69) is 27.5 Å². The lowest BCUT2D eigenvalue weighted by Gasteiger charge is -2.03. The number of hydrogen-bond acceptors (Lipinski definition) is 5. The zero-order valence-corrected chi connectivity index (χ0v) is 14.0. The van der Waals surface area contributed by atoms with Crippen molar-refractivity contribution in [2.24, 2.45) is 10.7 Å². The number of carbonyl (C=O) groups is 1. The number of nitrogens with two attached hydrogens (primary N) is 1. The van der Waals surface area contributed by atoms with E-state index in [0.29, 0.717) is 25.7 Å². The second-order valence-electron chi connectivity index (χ2n) is 4.73. The molecule has 8 heteroatoms. The lowest BCUT2D eigenvalue weighted by atomic mass is 10.3. The number of unbranched alkanes of at least 4 members (excludes halogenated alkanes) is 1. The Bertz CT molecular complexity index is 476. The van der Waals surface area contributed by atoms with Crippen LogP contribution in [0.3, 0.4) is 0 Å². The number of aromatic nitrogens is 1. The Morgan fingerprint density at radius 2 is 2.32 bits per heavy atom. The molecule has 1 aromatic rings. The van der Waals surface area contributed by atoms with E-state index in [1.54, 1.807) is 0 Å². The summed E-state index contributed by atoms with van der Waals surface area (Å²) in [6.07, 6.45) is 2.85. The predicted molar refractivity (Wildman–Crippen MR) is 90.3 cm³/mol. The van der Waals surface area contributed by atoms with E-state index in [4.69, 9.17) is 10.5 Å². The van der Waals surface area contributed by atoms with Crippen LogP contribution in [0.1, 0.15) is 32.4 Å². The standard InChI is InChI=1S/C14H25N5O2S/c1-3-4-6-17-13(15)19-14-18-12(10-22-14)5-8-21-9-7-16-11(2)20/h10H,3-9H2,1-2H3,(H,16,20)(H3,15,17,18,19). The largest absolute Gasteiger partial charge is 0.379 e. The summed E-state index contributed by atoms with van der Waals surface area (Å²) in [5, 5.41) is 8.38. The van der Waals surface area contributed by atoms with Gasteiger partial charge in [-0.15, -0.1) is 11.3 Å². The third kappa shape index (κ3) is 8.58. The molecule has 0 atom stereocenters. The highest BCUT2D eigenvalue weighted by atomic mass is 32.1. The van der Waals surface area contributed by atoms with Gasteiger partial charge in [0.2, 0.25) is 5.91 Å². The number of nitrogens with zero attached hydrogens (tertiary/aromatic N) is 2. The Morgan fingerprint density at radius 1 is 1.50 bits per heavy atom. The molecule has 0 unspecified atom stereocenters. The molecule has 1 amide bonds. The van der Waals surface area contributed by atoms with E-state index in [-0.39, 0.29) is 5.91 Å². The van der Waals surface area contributed by atoms with Crippen LogP contribution in [0.5, 0.6) is 0 Å². The molecular formula is C14H25N5O2S. The van der Waals surface area contributed by atoms with Crippen LogP contribution < -0.4 is 16.4 Å². The number of aliphatic imine (C=N–C) groups is 1. The SMILES string of the molecule is CCCCN=C(N)Nc1nc(CCOCCNC(C)=O)cs1. The van der Waals surface area contributed by atoms with Crippen LogP contribution in [0.2, 0.25) is 0 Å². The van der Waals surface area contributed by atoms with E-state index in [1.165, 1.54) is 18.3 Å². The number of hydrogen-bond donors (Lipinski definition) is 3.